The molecule has 1 amide bonds. The van der Waals surface area contributed by atoms with Gasteiger partial charge >= 0.3 is 5.97 Å². The maximum absolute atomic E-state index is 12.9. The summed E-state index contributed by atoms with van der Waals surface area (Å²) in [6.45, 7) is 4.01. The van der Waals surface area contributed by atoms with Gasteiger partial charge in [-0.2, -0.15) is 4.98 Å². The molecule has 196 valence electrons. The molecular weight excluding hydrogens is 486 g/mol. The van der Waals surface area contributed by atoms with E-state index in [-0.39, 0.29) is 46.3 Å². The molecule has 3 N–H and O–H groups in total. The van der Waals surface area contributed by atoms with Gasteiger partial charge in [0.2, 0.25) is 5.88 Å². The number of halogens is 1. The van der Waals surface area contributed by atoms with Gasteiger partial charge in [-0.05, 0) is 37.2 Å². The molecule has 0 unspecified atom stereocenters. The largest absolute Gasteiger partial charge is 0.480 e. The number of carbonyl (C=O) groups is 2. The highest BCUT2D eigenvalue weighted by Gasteiger charge is 2.31. The molecule has 11 heteroatoms. The minimum atomic E-state index is -0.338. The maximum Gasteiger partial charge on any atom is 0.337 e. The summed E-state index contributed by atoms with van der Waals surface area (Å²) in [5.74, 6) is -0.435. The molecule has 1 aliphatic rings. The standard InChI is InChI=1S/C25H34ClN5O5/c1-30(14-16-5-7-17(8-6-16)25(33)36-4)11-12-31-10-9-20(21(15-31)34-2)28-23(32)18-13-19(26)22(27)29-24(18)35-3/h5-8,13,20-21H,9-12,14-15H2,1-4H3,(H2,27,29)(H,28,32)/t20-,21+/m0/s1. The first kappa shape index (κ1) is 27.7. The first-order chi connectivity index (χ1) is 17.2. The van der Waals surface area contributed by atoms with E-state index in [0.29, 0.717) is 12.1 Å². The van der Waals surface area contributed by atoms with Crippen molar-refractivity contribution in [3.05, 3.63) is 52.0 Å². The molecule has 0 saturated carbocycles. The van der Waals surface area contributed by atoms with Gasteiger partial charge in [-0.25, -0.2) is 4.79 Å². The molecule has 0 aliphatic carbocycles. The summed E-state index contributed by atoms with van der Waals surface area (Å²) in [5, 5.41) is 3.24. The predicted molar refractivity (Wildman–Crippen MR) is 137 cm³/mol. The second kappa shape index (κ2) is 12.9. The molecule has 1 fully saturated rings. The minimum Gasteiger partial charge on any atom is -0.480 e. The van der Waals surface area contributed by atoms with E-state index in [1.807, 2.05) is 12.1 Å². The zero-order valence-corrected chi connectivity index (χ0v) is 21.9. The van der Waals surface area contributed by atoms with Gasteiger partial charge in [-0.15, -0.1) is 0 Å². The zero-order valence-electron chi connectivity index (χ0n) is 21.1. The average molecular weight is 520 g/mol. The number of piperidine rings is 1. The fraction of sp³-hybridized carbons (Fsp3) is 0.480. The van der Waals surface area contributed by atoms with Gasteiger partial charge in [0.1, 0.15) is 11.4 Å². The third kappa shape index (κ3) is 7.07. The Morgan fingerprint density at radius 1 is 1.25 bits per heavy atom. The SMILES string of the molecule is COC(=O)c1ccc(CN(C)CCN2CC[C@H](NC(=O)c3cc(Cl)c(N)nc3OC)[C@H](OC)C2)cc1. The molecule has 1 aliphatic heterocycles. The number of aromatic nitrogens is 1. The van der Waals surface area contributed by atoms with E-state index in [4.69, 9.17) is 31.5 Å². The van der Waals surface area contributed by atoms with Crippen LogP contribution in [0.2, 0.25) is 5.02 Å². The third-order valence-electron chi connectivity index (χ3n) is 6.29. The van der Waals surface area contributed by atoms with Crippen molar-refractivity contribution in [2.24, 2.45) is 0 Å². The predicted octanol–water partition coefficient (Wildman–Crippen LogP) is 2.06. The number of likely N-dealkylation sites (tertiary alicyclic amines) is 1. The van der Waals surface area contributed by atoms with E-state index < -0.39 is 0 Å². The topological polar surface area (TPSA) is 119 Å². The number of anilines is 1. The van der Waals surface area contributed by atoms with Crippen LogP contribution in [0, 0.1) is 0 Å². The molecule has 1 aromatic heterocycles. The fourth-order valence-electron chi connectivity index (χ4n) is 4.20. The lowest BCUT2D eigenvalue weighted by atomic mass is 10.0. The molecular formula is C25H34ClN5O5. The van der Waals surface area contributed by atoms with Crippen LogP contribution in [-0.2, 0) is 16.0 Å². The quantitative estimate of drug-likeness (QED) is 0.454. The van der Waals surface area contributed by atoms with E-state index in [1.54, 1.807) is 19.2 Å². The number of benzene rings is 1. The Kier molecular flexibility index (Phi) is 9.89. The van der Waals surface area contributed by atoms with E-state index in [0.717, 1.165) is 38.2 Å². The van der Waals surface area contributed by atoms with Crippen molar-refractivity contribution >= 4 is 29.3 Å². The molecule has 10 nitrogen and oxygen atoms in total. The van der Waals surface area contributed by atoms with E-state index >= 15 is 0 Å². The molecule has 36 heavy (non-hydrogen) atoms. The summed E-state index contributed by atoms with van der Waals surface area (Å²) in [6, 6.07) is 8.75. The second-order valence-corrected chi connectivity index (χ2v) is 9.19. The molecule has 2 aromatic rings. The Hall–Kier alpha value is -2.92. The van der Waals surface area contributed by atoms with Crippen LogP contribution in [0.3, 0.4) is 0 Å². The van der Waals surface area contributed by atoms with Crippen LogP contribution < -0.4 is 15.8 Å². The van der Waals surface area contributed by atoms with Crippen molar-refractivity contribution in [2.45, 2.75) is 25.1 Å². The summed E-state index contributed by atoms with van der Waals surface area (Å²) < 4.78 is 15.7. The summed E-state index contributed by atoms with van der Waals surface area (Å²) in [5.41, 5.74) is 7.61. The summed E-state index contributed by atoms with van der Waals surface area (Å²) in [6.07, 6.45) is 0.573. The number of rotatable bonds is 10. The van der Waals surface area contributed by atoms with E-state index in [2.05, 4.69) is 27.1 Å². The molecule has 0 bridgehead atoms. The number of carbonyl (C=O) groups excluding carboxylic acids is 2. The van der Waals surface area contributed by atoms with Crippen molar-refractivity contribution in [2.75, 3.05) is 60.3 Å². The van der Waals surface area contributed by atoms with Gasteiger partial charge in [0.15, 0.2) is 0 Å². The number of nitrogens with zero attached hydrogens (tertiary/aromatic N) is 3. The molecule has 2 atom stereocenters. The monoisotopic (exact) mass is 519 g/mol. The second-order valence-electron chi connectivity index (χ2n) is 8.78. The van der Waals surface area contributed by atoms with Crippen molar-refractivity contribution in [1.29, 1.82) is 0 Å². The number of ether oxygens (including phenoxy) is 3. The number of hydrogen-bond donors (Lipinski definition) is 2. The number of hydrogen-bond acceptors (Lipinski definition) is 9. The Morgan fingerprint density at radius 3 is 2.61 bits per heavy atom. The fourth-order valence-corrected chi connectivity index (χ4v) is 4.36. The van der Waals surface area contributed by atoms with Crippen molar-refractivity contribution in [3.63, 3.8) is 0 Å². The normalized spacial score (nSPS) is 18.2. The molecule has 0 spiro atoms. The van der Waals surface area contributed by atoms with E-state index in [9.17, 15) is 9.59 Å². The highest BCUT2D eigenvalue weighted by molar-refractivity contribution is 6.33. The van der Waals surface area contributed by atoms with Crippen LogP contribution in [0.5, 0.6) is 5.88 Å². The van der Waals surface area contributed by atoms with Crippen LogP contribution in [0.25, 0.3) is 0 Å². The minimum absolute atomic E-state index is 0.108. The van der Waals surface area contributed by atoms with Crippen LogP contribution >= 0.6 is 11.6 Å². The number of nitrogens with two attached hydrogens (primary N) is 1. The molecule has 3 rings (SSSR count). The van der Waals surface area contributed by atoms with Gasteiger partial charge in [0.05, 0.1) is 37.0 Å². The highest BCUT2D eigenvalue weighted by atomic mass is 35.5. The average Bonchev–Trinajstić information content (AvgIpc) is 2.89. The maximum atomic E-state index is 12.9. The third-order valence-corrected chi connectivity index (χ3v) is 6.60. The highest BCUT2D eigenvalue weighted by Crippen LogP contribution is 2.25. The number of nitrogens with one attached hydrogen (secondary N) is 1. The van der Waals surface area contributed by atoms with Gasteiger partial charge in [0, 0.05) is 39.8 Å². The first-order valence-corrected chi connectivity index (χ1v) is 12.0. The first-order valence-electron chi connectivity index (χ1n) is 11.7. The van der Waals surface area contributed by atoms with Crippen LogP contribution in [0.1, 0.15) is 32.7 Å². The zero-order chi connectivity index (χ0) is 26.2. The van der Waals surface area contributed by atoms with Crippen molar-refractivity contribution in [1.82, 2.24) is 20.1 Å². The van der Waals surface area contributed by atoms with Gasteiger partial charge in [-0.1, -0.05) is 23.7 Å². The lowest BCUT2D eigenvalue weighted by molar-refractivity contribution is 0.00439. The van der Waals surface area contributed by atoms with Crippen LogP contribution in [0.4, 0.5) is 5.82 Å². The van der Waals surface area contributed by atoms with Gasteiger partial charge < -0.3 is 30.2 Å². The van der Waals surface area contributed by atoms with Gasteiger partial charge in [-0.3, -0.25) is 9.69 Å². The van der Waals surface area contributed by atoms with Gasteiger partial charge in [0.25, 0.3) is 5.91 Å². The summed E-state index contributed by atoms with van der Waals surface area (Å²) in [7, 11) is 6.52. The molecule has 1 aromatic carbocycles. The van der Waals surface area contributed by atoms with E-state index in [1.165, 1.54) is 20.3 Å². The van der Waals surface area contributed by atoms with Crippen LogP contribution in [-0.4, -0.2) is 93.4 Å². The number of likely N-dealkylation sites (N-methyl/N-ethyl adjacent to an activating group) is 1. The number of pyridine rings is 1. The Balaban J connectivity index is 1.50. The molecule has 0 radical (unpaired) electrons. The number of methoxy groups -OCH3 is 3. The smallest absolute Gasteiger partial charge is 0.337 e. The summed E-state index contributed by atoms with van der Waals surface area (Å²) >= 11 is 6.06. The lowest BCUT2D eigenvalue weighted by Crippen LogP contribution is -2.55. The number of nitrogen functional groups attached to an aromatic ring is 1. The molecule has 1 saturated heterocycles. The van der Waals surface area contributed by atoms with Crippen molar-refractivity contribution in [3.8, 4) is 5.88 Å². The number of esters is 1. The summed E-state index contributed by atoms with van der Waals surface area (Å²) in [4.78, 5) is 33.1. The van der Waals surface area contributed by atoms with Crippen molar-refractivity contribution < 1.29 is 23.8 Å². The Bertz CT molecular complexity index is 1050. The Morgan fingerprint density at radius 2 is 1.97 bits per heavy atom. The lowest BCUT2D eigenvalue weighted by Gasteiger charge is -2.38. The Labute approximate surface area is 216 Å². The molecule has 2 heterocycles. The van der Waals surface area contributed by atoms with Crippen LogP contribution in [0.15, 0.2) is 30.3 Å². The number of amides is 1.